The van der Waals surface area contributed by atoms with Gasteiger partial charge in [-0.2, -0.15) is 0 Å². The molecule has 0 amide bonds. The summed E-state index contributed by atoms with van der Waals surface area (Å²) in [6, 6.07) is 4.94. The Hall–Kier alpha value is -1.03. The summed E-state index contributed by atoms with van der Waals surface area (Å²) in [7, 11) is -3.13. The standard InChI is InChI=1S/C9H13NO2S/c1-3-13(11,12)9-6-4-5-8(10)7(9)2/h4-6H,3,10H2,1-2H3. The average molecular weight is 199 g/mol. The third-order valence-corrected chi connectivity index (χ3v) is 3.91. The molecule has 0 aromatic heterocycles. The van der Waals surface area contributed by atoms with Crippen molar-refractivity contribution in [1.82, 2.24) is 0 Å². The molecule has 13 heavy (non-hydrogen) atoms. The first kappa shape index (κ1) is 10.1. The van der Waals surface area contributed by atoms with Gasteiger partial charge < -0.3 is 5.73 Å². The number of benzene rings is 1. The van der Waals surface area contributed by atoms with Crippen molar-refractivity contribution in [2.45, 2.75) is 18.7 Å². The minimum absolute atomic E-state index is 0.108. The topological polar surface area (TPSA) is 60.2 Å². The number of hydrogen-bond donors (Lipinski definition) is 1. The van der Waals surface area contributed by atoms with Crippen molar-refractivity contribution in [3.63, 3.8) is 0 Å². The molecule has 4 heteroatoms. The van der Waals surface area contributed by atoms with E-state index in [9.17, 15) is 8.42 Å². The maximum absolute atomic E-state index is 11.5. The predicted molar refractivity (Wildman–Crippen MR) is 53.3 cm³/mol. The van der Waals surface area contributed by atoms with Crippen molar-refractivity contribution < 1.29 is 8.42 Å². The molecule has 0 atom stereocenters. The van der Waals surface area contributed by atoms with Gasteiger partial charge in [-0.1, -0.05) is 13.0 Å². The zero-order chi connectivity index (χ0) is 10.1. The molecule has 0 bridgehead atoms. The van der Waals surface area contributed by atoms with Gasteiger partial charge in [0.1, 0.15) is 0 Å². The summed E-state index contributed by atoms with van der Waals surface area (Å²) >= 11 is 0. The molecule has 1 aromatic carbocycles. The zero-order valence-electron chi connectivity index (χ0n) is 7.74. The van der Waals surface area contributed by atoms with Crippen molar-refractivity contribution >= 4 is 15.5 Å². The highest BCUT2D eigenvalue weighted by molar-refractivity contribution is 7.91. The van der Waals surface area contributed by atoms with E-state index >= 15 is 0 Å². The molecule has 0 aliphatic carbocycles. The van der Waals surface area contributed by atoms with Gasteiger partial charge in [-0.15, -0.1) is 0 Å². The lowest BCUT2D eigenvalue weighted by atomic mass is 10.2. The maximum atomic E-state index is 11.5. The molecule has 0 fully saturated rings. The van der Waals surface area contributed by atoms with Gasteiger partial charge in [-0.25, -0.2) is 8.42 Å². The van der Waals surface area contributed by atoms with Gasteiger partial charge in [-0.3, -0.25) is 0 Å². The van der Waals surface area contributed by atoms with Crippen LogP contribution < -0.4 is 5.73 Å². The third kappa shape index (κ3) is 1.83. The number of rotatable bonds is 2. The largest absolute Gasteiger partial charge is 0.398 e. The Bertz CT molecular complexity index is 410. The van der Waals surface area contributed by atoms with Crippen molar-refractivity contribution in [2.24, 2.45) is 0 Å². The van der Waals surface area contributed by atoms with E-state index in [1.54, 1.807) is 32.0 Å². The van der Waals surface area contributed by atoms with Gasteiger partial charge in [-0.05, 0) is 24.6 Å². The van der Waals surface area contributed by atoms with Crippen LogP contribution in [0.4, 0.5) is 5.69 Å². The van der Waals surface area contributed by atoms with Crippen LogP contribution in [-0.4, -0.2) is 14.2 Å². The lowest BCUT2D eigenvalue weighted by Crippen LogP contribution is -2.07. The molecular weight excluding hydrogens is 186 g/mol. The quantitative estimate of drug-likeness (QED) is 0.732. The van der Waals surface area contributed by atoms with Gasteiger partial charge in [0.2, 0.25) is 0 Å². The molecule has 0 unspecified atom stereocenters. The molecule has 72 valence electrons. The normalized spacial score (nSPS) is 11.5. The molecule has 3 nitrogen and oxygen atoms in total. The number of hydrogen-bond acceptors (Lipinski definition) is 3. The van der Waals surface area contributed by atoms with Crippen molar-refractivity contribution in [1.29, 1.82) is 0 Å². The minimum atomic E-state index is -3.13. The highest BCUT2D eigenvalue weighted by Gasteiger charge is 2.14. The van der Waals surface area contributed by atoms with Crippen LogP contribution in [-0.2, 0) is 9.84 Å². The molecular formula is C9H13NO2S. The highest BCUT2D eigenvalue weighted by atomic mass is 32.2. The summed E-state index contributed by atoms with van der Waals surface area (Å²) < 4.78 is 23.0. The SMILES string of the molecule is CCS(=O)(=O)c1cccc(N)c1C. The Kier molecular flexibility index (Phi) is 2.61. The smallest absolute Gasteiger partial charge is 0.178 e. The lowest BCUT2D eigenvalue weighted by Gasteiger charge is -2.07. The first-order chi connectivity index (χ1) is 5.99. The van der Waals surface area contributed by atoms with E-state index in [-0.39, 0.29) is 5.75 Å². The van der Waals surface area contributed by atoms with Crippen LogP contribution in [0.2, 0.25) is 0 Å². The Balaban J connectivity index is 3.40. The third-order valence-electron chi connectivity index (χ3n) is 2.04. The molecule has 0 aliphatic rings. The second-order valence-corrected chi connectivity index (χ2v) is 5.12. The van der Waals surface area contributed by atoms with E-state index in [2.05, 4.69) is 0 Å². The van der Waals surface area contributed by atoms with Crippen molar-refractivity contribution in [3.8, 4) is 0 Å². The molecule has 1 rings (SSSR count). The van der Waals surface area contributed by atoms with E-state index in [1.807, 2.05) is 0 Å². The first-order valence-corrected chi connectivity index (χ1v) is 5.72. The molecule has 1 aromatic rings. The van der Waals surface area contributed by atoms with Crippen LogP contribution in [0.1, 0.15) is 12.5 Å². The Morgan fingerprint density at radius 2 is 2.00 bits per heavy atom. The molecule has 0 radical (unpaired) electrons. The molecule has 0 spiro atoms. The van der Waals surface area contributed by atoms with Gasteiger partial charge in [0, 0.05) is 5.69 Å². The van der Waals surface area contributed by atoms with Crippen LogP contribution in [0, 0.1) is 6.92 Å². The number of nitrogen functional groups attached to an aromatic ring is 1. The Morgan fingerprint density at radius 1 is 1.38 bits per heavy atom. The Labute approximate surface area is 78.5 Å². The number of nitrogens with two attached hydrogens (primary N) is 1. The summed E-state index contributed by atoms with van der Waals surface area (Å²) in [5, 5.41) is 0. The van der Waals surface area contributed by atoms with Crippen LogP contribution in [0.15, 0.2) is 23.1 Å². The number of sulfone groups is 1. The van der Waals surface area contributed by atoms with E-state index in [0.717, 1.165) is 0 Å². The van der Waals surface area contributed by atoms with Gasteiger partial charge in [0.05, 0.1) is 10.6 Å². The van der Waals surface area contributed by atoms with E-state index < -0.39 is 9.84 Å². The molecule has 0 saturated carbocycles. The van der Waals surface area contributed by atoms with Crippen LogP contribution >= 0.6 is 0 Å². The van der Waals surface area contributed by atoms with Crippen LogP contribution in [0.25, 0.3) is 0 Å². The first-order valence-electron chi connectivity index (χ1n) is 4.07. The maximum Gasteiger partial charge on any atom is 0.178 e. The molecule has 2 N–H and O–H groups in total. The molecule has 0 saturated heterocycles. The average Bonchev–Trinajstić information content (AvgIpc) is 2.09. The van der Waals surface area contributed by atoms with Crippen LogP contribution in [0.5, 0.6) is 0 Å². The monoisotopic (exact) mass is 199 g/mol. The molecule has 0 aliphatic heterocycles. The summed E-state index contributed by atoms with van der Waals surface area (Å²) in [4.78, 5) is 0.343. The fourth-order valence-corrected chi connectivity index (χ4v) is 2.31. The second kappa shape index (κ2) is 3.38. The fourth-order valence-electron chi connectivity index (χ4n) is 1.12. The van der Waals surface area contributed by atoms with E-state index in [1.165, 1.54) is 0 Å². The van der Waals surface area contributed by atoms with E-state index in [0.29, 0.717) is 16.1 Å². The van der Waals surface area contributed by atoms with E-state index in [4.69, 9.17) is 5.73 Å². The van der Waals surface area contributed by atoms with Crippen molar-refractivity contribution in [3.05, 3.63) is 23.8 Å². The lowest BCUT2D eigenvalue weighted by molar-refractivity contribution is 0.596. The summed E-state index contributed by atoms with van der Waals surface area (Å²) in [6.07, 6.45) is 0. The van der Waals surface area contributed by atoms with Crippen LogP contribution in [0.3, 0.4) is 0 Å². The minimum Gasteiger partial charge on any atom is -0.398 e. The van der Waals surface area contributed by atoms with Gasteiger partial charge in [0.15, 0.2) is 9.84 Å². The fraction of sp³-hybridized carbons (Fsp3) is 0.333. The second-order valence-electron chi connectivity index (χ2n) is 2.87. The summed E-state index contributed by atoms with van der Waals surface area (Å²) in [5.41, 5.74) is 6.77. The van der Waals surface area contributed by atoms with Gasteiger partial charge in [0.25, 0.3) is 0 Å². The zero-order valence-corrected chi connectivity index (χ0v) is 8.56. The van der Waals surface area contributed by atoms with Gasteiger partial charge >= 0.3 is 0 Å². The summed E-state index contributed by atoms with van der Waals surface area (Å²) in [5.74, 6) is 0.108. The molecule has 0 heterocycles. The Morgan fingerprint density at radius 3 is 2.54 bits per heavy atom. The highest BCUT2D eigenvalue weighted by Crippen LogP contribution is 2.21. The number of anilines is 1. The predicted octanol–water partition coefficient (Wildman–Crippen LogP) is 1.37. The van der Waals surface area contributed by atoms with Crippen molar-refractivity contribution in [2.75, 3.05) is 11.5 Å². The summed E-state index contributed by atoms with van der Waals surface area (Å²) in [6.45, 7) is 3.34.